The fourth-order valence-electron chi connectivity index (χ4n) is 3.21. The van der Waals surface area contributed by atoms with E-state index in [-0.39, 0.29) is 5.97 Å². The predicted octanol–water partition coefficient (Wildman–Crippen LogP) is 4.25. The zero-order chi connectivity index (χ0) is 15.7. The maximum atomic E-state index is 11.5. The van der Waals surface area contributed by atoms with Gasteiger partial charge in [0.05, 0.1) is 19.8 Å². The van der Waals surface area contributed by atoms with E-state index in [0.717, 1.165) is 23.6 Å². The fourth-order valence-corrected chi connectivity index (χ4v) is 3.56. The Labute approximate surface area is 135 Å². The minimum absolute atomic E-state index is 0.297. The van der Waals surface area contributed by atoms with Crippen LogP contribution in [0.3, 0.4) is 0 Å². The molecule has 1 saturated carbocycles. The summed E-state index contributed by atoms with van der Waals surface area (Å²) < 4.78 is 9.95. The number of carbonyl (C=O) groups excluding carboxylic acids is 1. The predicted molar refractivity (Wildman–Crippen MR) is 85.8 cm³/mol. The fraction of sp³-hybridized carbons (Fsp3) is 0.389. The van der Waals surface area contributed by atoms with Crippen LogP contribution in [0.5, 0.6) is 0 Å². The molecule has 0 bridgehead atoms. The molecular formula is C18H19ClO3. The molecule has 0 aliphatic heterocycles. The highest BCUT2D eigenvalue weighted by Crippen LogP contribution is 2.56. The second-order valence-electron chi connectivity index (χ2n) is 5.80. The molecule has 2 aliphatic carbocycles. The summed E-state index contributed by atoms with van der Waals surface area (Å²) in [5.74, 6) is 2.03. The van der Waals surface area contributed by atoms with Crippen molar-refractivity contribution in [3.63, 3.8) is 0 Å². The standard InChI is InChI=1S/C18H19ClO3/c1-21-13-7-8-14(17(19)9-13)16-10-15(16)11-3-5-12(6-4-11)18(20)22-2/h3-7,9,14-16H,8,10H2,1-2H3. The molecule has 0 saturated heterocycles. The van der Waals surface area contributed by atoms with Crippen molar-refractivity contribution < 1.29 is 14.3 Å². The van der Waals surface area contributed by atoms with Gasteiger partial charge in [-0.2, -0.15) is 0 Å². The van der Waals surface area contributed by atoms with E-state index in [1.165, 1.54) is 12.7 Å². The minimum Gasteiger partial charge on any atom is -0.497 e. The molecule has 0 N–H and O–H groups in total. The summed E-state index contributed by atoms with van der Waals surface area (Å²) in [6.07, 6.45) is 6.10. The van der Waals surface area contributed by atoms with Crippen molar-refractivity contribution in [2.45, 2.75) is 18.8 Å². The smallest absolute Gasteiger partial charge is 0.337 e. The molecular weight excluding hydrogens is 300 g/mol. The van der Waals surface area contributed by atoms with E-state index in [4.69, 9.17) is 21.1 Å². The monoisotopic (exact) mass is 318 g/mol. The summed E-state index contributed by atoms with van der Waals surface area (Å²) in [7, 11) is 3.06. The SMILES string of the molecule is COC(=O)c1ccc(C2CC2C2CC=C(OC)C=C2Cl)cc1. The Bertz CT molecular complexity index is 630. The van der Waals surface area contributed by atoms with Crippen molar-refractivity contribution in [3.8, 4) is 0 Å². The molecule has 3 unspecified atom stereocenters. The van der Waals surface area contributed by atoms with E-state index < -0.39 is 0 Å². The maximum absolute atomic E-state index is 11.5. The van der Waals surface area contributed by atoms with Crippen LogP contribution >= 0.6 is 11.6 Å². The van der Waals surface area contributed by atoms with E-state index in [2.05, 4.69) is 6.08 Å². The molecule has 3 rings (SSSR count). The summed E-state index contributed by atoms with van der Waals surface area (Å²) in [6.45, 7) is 0. The Morgan fingerprint density at radius 1 is 1.18 bits per heavy atom. The van der Waals surface area contributed by atoms with Gasteiger partial charge in [0.1, 0.15) is 5.76 Å². The van der Waals surface area contributed by atoms with Crippen molar-refractivity contribution in [1.82, 2.24) is 0 Å². The van der Waals surface area contributed by atoms with Gasteiger partial charge in [0.2, 0.25) is 0 Å². The first-order valence-electron chi connectivity index (χ1n) is 7.43. The number of benzene rings is 1. The zero-order valence-corrected chi connectivity index (χ0v) is 13.5. The summed E-state index contributed by atoms with van der Waals surface area (Å²) in [6, 6.07) is 7.71. The molecule has 1 fully saturated rings. The third-order valence-electron chi connectivity index (χ3n) is 4.56. The summed E-state index contributed by atoms with van der Waals surface area (Å²) in [5, 5.41) is 0.887. The Kier molecular flexibility index (Phi) is 4.25. The van der Waals surface area contributed by atoms with E-state index in [0.29, 0.717) is 23.3 Å². The lowest BCUT2D eigenvalue weighted by Gasteiger charge is -2.19. The number of rotatable bonds is 4. The van der Waals surface area contributed by atoms with Crippen LogP contribution in [0.1, 0.15) is 34.7 Å². The van der Waals surface area contributed by atoms with Crippen LogP contribution in [-0.2, 0) is 9.47 Å². The van der Waals surface area contributed by atoms with Crippen molar-refractivity contribution in [2.75, 3.05) is 14.2 Å². The van der Waals surface area contributed by atoms with Crippen LogP contribution in [0.25, 0.3) is 0 Å². The molecule has 3 atom stereocenters. The highest BCUT2D eigenvalue weighted by atomic mass is 35.5. The van der Waals surface area contributed by atoms with Crippen LogP contribution in [0, 0.1) is 11.8 Å². The Hall–Kier alpha value is -1.74. The van der Waals surface area contributed by atoms with Crippen molar-refractivity contribution in [3.05, 3.63) is 58.3 Å². The van der Waals surface area contributed by atoms with Gasteiger partial charge in [-0.05, 0) is 54.5 Å². The van der Waals surface area contributed by atoms with E-state index >= 15 is 0 Å². The molecule has 0 heterocycles. The first-order valence-corrected chi connectivity index (χ1v) is 7.81. The second-order valence-corrected chi connectivity index (χ2v) is 6.24. The number of allylic oxidation sites excluding steroid dienone is 3. The van der Waals surface area contributed by atoms with Crippen molar-refractivity contribution in [1.29, 1.82) is 0 Å². The number of halogens is 1. The second kappa shape index (κ2) is 6.17. The Balaban J connectivity index is 1.66. The van der Waals surface area contributed by atoms with Gasteiger partial charge in [0.15, 0.2) is 0 Å². The lowest BCUT2D eigenvalue weighted by Crippen LogP contribution is -2.08. The van der Waals surface area contributed by atoms with Gasteiger partial charge in [-0.15, -0.1) is 0 Å². The highest BCUT2D eigenvalue weighted by Gasteiger charge is 2.45. The normalized spacial score (nSPS) is 26.8. The van der Waals surface area contributed by atoms with E-state index in [1.807, 2.05) is 30.3 Å². The number of esters is 1. The van der Waals surface area contributed by atoms with Crippen LogP contribution < -0.4 is 0 Å². The molecule has 1 aromatic rings. The quantitative estimate of drug-likeness (QED) is 0.779. The third-order valence-corrected chi connectivity index (χ3v) is 4.95. The molecule has 0 spiro atoms. The van der Waals surface area contributed by atoms with Gasteiger partial charge in [-0.25, -0.2) is 4.79 Å². The topological polar surface area (TPSA) is 35.5 Å². The lowest BCUT2D eigenvalue weighted by atomic mass is 9.92. The summed E-state index contributed by atoms with van der Waals surface area (Å²) in [5.41, 5.74) is 1.86. The van der Waals surface area contributed by atoms with Crippen LogP contribution in [0.4, 0.5) is 0 Å². The van der Waals surface area contributed by atoms with Crippen molar-refractivity contribution >= 4 is 17.6 Å². The van der Waals surface area contributed by atoms with Crippen molar-refractivity contribution in [2.24, 2.45) is 11.8 Å². The third kappa shape index (κ3) is 2.91. The molecule has 4 heteroatoms. The van der Waals surface area contributed by atoms with Crippen LogP contribution in [-0.4, -0.2) is 20.2 Å². The van der Waals surface area contributed by atoms with Gasteiger partial charge in [-0.3, -0.25) is 0 Å². The molecule has 116 valence electrons. The van der Waals surface area contributed by atoms with Gasteiger partial charge in [0, 0.05) is 11.0 Å². The first-order chi connectivity index (χ1) is 10.6. The highest BCUT2D eigenvalue weighted by molar-refractivity contribution is 6.30. The number of hydrogen-bond acceptors (Lipinski definition) is 3. The van der Waals surface area contributed by atoms with Crippen LogP contribution in [0.2, 0.25) is 0 Å². The molecule has 0 amide bonds. The molecule has 2 aliphatic rings. The number of ether oxygens (including phenoxy) is 2. The lowest BCUT2D eigenvalue weighted by molar-refractivity contribution is 0.0600. The van der Waals surface area contributed by atoms with E-state index in [1.54, 1.807) is 7.11 Å². The average Bonchev–Trinajstić information content (AvgIpc) is 3.34. The van der Waals surface area contributed by atoms with Gasteiger partial charge >= 0.3 is 5.97 Å². The summed E-state index contributed by atoms with van der Waals surface area (Å²) >= 11 is 6.41. The van der Waals surface area contributed by atoms with Crippen LogP contribution in [0.15, 0.2) is 47.2 Å². The summed E-state index contributed by atoms with van der Waals surface area (Å²) in [4.78, 5) is 11.5. The zero-order valence-electron chi connectivity index (χ0n) is 12.7. The Morgan fingerprint density at radius 3 is 2.50 bits per heavy atom. The molecule has 3 nitrogen and oxygen atoms in total. The van der Waals surface area contributed by atoms with Gasteiger partial charge in [-0.1, -0.05) is 23.7 Å². The van der Waals surface area contributed by atoms with E-state index in [9.17, 15) is 4.79 Å². The molecule has 1 aromatic carbocycles. The number of hydrogen-bond donors (Lipinski definition) is 0. The largest absolute Gasteiger partial charge is 0.497 e. The van der Waals surface area contributed by atoms with Gasteiger partial charge < -0.3 is 9.47 Å². The first kappa shape index (κ1) is 15.2. The minimum atomic E-state index is -0.297. The van der Waals surface area contributed by atoms with Gasteiger partial charge in [0.25, 0.3) is 0 Å². The Morgan fingerprint density at radius 2 is 1.91 bits per heavy atom. The molecule has 22 heavy (non-hydrogen) atoms. The maximum Gasteiger partial charge on any atom is 0.337 e. The average molecular weight is 319 g/mol. The molecule has 0 radical (unpaired) electrons. The molecule has 0 aromatic heterocycles. The number of carbonyl (C=O) groups is 1. The number of methoxy groups -OCH3 is 2.